The number of fused-ring (bicyclic) bond motifs is 1. The molecule has 0 saturated heterocycles. The molecule has 176 valence electrons. The lowest BCUT2D eigenvalue weighted by Gasteiger charge is -2.11. The first-order valence-corrected chi connectivity index (χ1v) is 11.3. The average molecular weight is 460 g/mol. The number of amides is 1. The molecule has 2 aromatic heterocycles. The minimum atomic E-state index is -0.130. The number of rotatable bonds is 10. The van der Waals surface area contributed by atoms with Crippen molar-refractivity contribution in [2.45, 2.75) is 33.4 Å². The predicted molar refractivity (Wildman–Crippen MR) is 132 cm³/mol. The molecule has 0 radical (unpaired) electrons. The van der Waals surface area contributed by atoms with Crippen LogP contribution in [-0.4, -0.2) is 29.3 Å². The van der Waals surface area contributed by atoms with E-state index in [1.165, 1.54) is 17.0 Å². The van der Waals surface area contributed by atoms with E-state index in [9.17, 15) is 4.79 Å². The van der Waals surface area contributed by atoms with E-state index in [1.54, 1.807) is 13.2 Å². The lowest BCUT2D eigenvalue weighted by Crippen LogP contribution is -2.23. The molecule has 4 rings (SSSR count). The molecule has 4 aromatic rings. The van der Waals surface area contributed by atoms with Crippen molar-refractivity contribution < 1.29 is 18.8 Å². The molecule has 0 bridgehead atoms. The van der Waals surface area contributed by atoms with Crippen molar-refractivity contribution in [3.8, 4) is 11.5 Å². The van der Waals surface area contributed by atoms with Crippen molar-refractivity contribution in [1.82, 2.24) is 15.0 Å². The summed E-state index contributed by atoms with van der Waals surface area (Å²) < 4.78 is 18.8. The summed E-state index contributed by atoms with van der Waals surface area (Å²) in [5, 5.41) is 8.11. The van der Waals surface area contributed by atoms with Crippen LogP contribution in [0.4, 0.5) is 0 Å². The molecule has 0 spiro atoms. The number of methoxy groups -OCH3 is 1. The number of benzene rings is 2. The molecule has 0 atom stereocenters. The fourth-order valence-corrected chi connectivity index (χ4v) is 3.79. The second-order valence-corrected chi connectivity index (χ2v) is 8.05. The van der Waals surface area contributed by atoms with Crippen molar-refractivity contribution in [2.24, 2.45) is 0 Å². The molecule has 0 aliphatic rings. The number of hydrogen-bond donors (Lipinski definition) is 1. The molecular weight excluding hydrogens is 430 g/mol. The zero-order chi connectivity index (χ0) is 23.9. The van der Waals surface area contributed by atoms with E-state index in [4.69, 9.17) is 14.0 Å². The summed E-state index contributed by atoms with van der Waals surface area (Å²) in [6.07, 6.45) is 6.23. The fraction of sp³-hybridized carbons (Fsp3) is 0.259. The van der Waals surface area contributed by atoms with Gasteiger partial charge in [-0.25, -0.2) is 0 Å². The monoisotopic (exact) mass is 459 g/mol. The van der Waals surface area contributed by atoms with Crippen LogP contribution >= 0.6 is 0 Å². The Balaban J connectivity index is 1.27. The minimum Gasteiger partial charge on any atom is -0.493 e. The first kappa shape index (κ1) is 23.2. The first-order chi connectivity index (χ1) is 16.5. The van der Waals surface area contributed by atoms with Crippen molar-refractivity contribution in [2.75, 3.05) is 13.7 Å². The molecule has 1 N–H and O–H groups in total. The number of aromatic nitrogens is 2. The summed E-state index contributed by atoms with van der Waals surface area (Å²) in [5.74, 6) is 1.81. The maximum atomic E-state index is 12.2. The highest BCUT2D eigenvalue weighted by atomic mass is 16.5. The Bertz CT molecular complexity index is 1280. The first-order valence-electron chi connectivity index (χ1n) is 11.3. The molecule has 0 saturated carbocycles. The highest BCUT2D eigenvalue weighted by molar-refractivity contribution is 5.91. The zero-order valence-corrected chi connectivity index (χ0v) is 19.7. The fourth-order valence-electron chi connectivity index (χ4n) is 3.79. The van der Waals surface area contributed by atoms with Crippen LogP contribution in [0.15, 0.2) is 65.3 Å². The van der Waals surface area contributed by atoms with Gasteiger partial charge in [0.05, 0.1) is 18.4 Å². The number of ether oxygens (including phenoxy) is 2. The highest BCUT2D eigenvalue weighted by Crippen LogP contribution is 2.30. The van der Waals surface area contributed by atoms with Gasteiger partial charge < -0.3 is 23.9 Å². The summed E-state index contributed by atoms with van der Waals surface area (Å²) in [4.78, 5) is 12.2. The molecule has 0 aliphatic heterocycles. The zero-order valence-electron chi connectivity index (χ0n) is 19.7. The Labute approximate surface area is 199 Å². The van der Waals surface area contributed by atoms with Crippen molar-refractivity contribution in [1.29, 1.82) is 0 Å². The summed E-state index contributed by atoms with van der Waals surface area (Å²) in [6, 6.07) is 15.9. The van der Waals surface area contributed by atoms with Gasteiger partial charge in [-0.15, -0.1) is 0 Å². The van der Waals surface area contributed by atoms with Gasteiger partial charge in [0.1, 0.15) is 12.4 Å². The largest absolute Gasteiger partial charge is 0.493 e. The maximum Gasteiger partial charge on any atom is 0.244 e. The Morgan fingerprint density at radius 2 is 2.00 bits per heavy atom. The average Bonchev–Trinajstić information content (AvgIpc) is 3.41. The number of nitrogens with one attached hydrogen (secondary N) is 1. The molecular formula is C27H29N3O4. The molecule has 1 amide bonds. The van der Waals surface area contributed by atoms with E-state index in [1.807, 2.05) is 44.2 Å². The van der Waals surface area contributed by atoms with Crippen LogP contribution in [0.3, 0.4) is 0 Å². The Morgan fingerprint density at radius 3 is 2.79 bits per heavy atom. The number of carbonyl (C=O) groups is 1. The van der Waals surface area contributed by atoms with Crippen molar-refractivity contribution in [3.63, 3.8) is 0 Å². The quantitative estimate of drug-likeness (QED) is 0.265. The van der Waals surface area contributed by atoms with Crippen LogP contribution in [0, 0.1) is 13.8 Å². The predicted octanol–water partition coefficient (Wildman–Crippen LogP) is 5.05. The third-order valence-corrected chi connectivity index (χ3v) is 5.72. The second-order valence-electron chi connectivity index (χ2n) is 8.05. The third kappa shape index (κ3) is 5.49. The number of para-hydroxylation sites is 1. The summed E-state index contributed by atoms with van der Waals surface area (Å²) in [6.45, 7) is 5.54. The van der Waals surface area contributed by atoms with Gasteiger partial charge in [0.15, 0.2) is 11.5 Å². The maximum absolute atomic E-state index is 12.2. The van der Waals surface area contributed by atoms with Gasteiger partial charge in [0.25, 0.3) is 0 Å². The molecule has 7 nitrogen and oxygen atoms in total. The number of aryl methyl sites for hydroxylation is 3. The topological polar surface area (TPSA) is 78.5 Å². The Hall–Kier alpha value is -4.00. The standard InChI is InChI=1S/C27H29N3O4/c1-19-23(20(2)34-29-19)18-33-25-11-9-21(17-26(25)32-3)10-12-27(31)28-14-6-15-30-16-13-22-7-4-5-8-24(22)30/h4-5,7-13,16-17H,6,14-15,18H2,1-3H3,(H,28,31)/b12-10+. The van der Waals surface area contributed by atoms with E-state index in [-0.39, 0.29) is 5.91 Å². The van der Waals surface area contributed by atoms with Crippen LogP contribution in [0.5, 0.6) is 11.5 Å². The second kappa shape index (κ2) is 10.7. The molecule has 0 fully saturated rings. The summed E-state index contributed by atoms with van der Waals surface area (Å²) in [7, 11) is 1.59. The normalized spacial score (nSPS) is 11.3. The molecule has 0 aliphatic carbocycles. The van der Waals surface area contributed by atoms with Gasteiger partial charge in [-0.2, -0.15) is 0 Å². The highest BCUT2D eigenvalue weighted by Gasteiger charge is 2.12. The van der Waals surface area contributed by atoms with Crippen molar-refractivity contribution >= 4 is 22.9 Å². The molecule has 2 heterocycles. The van der Waals surface area contributed by atoms with E-state index >= 15 is 0 Å². The van der Waals surface area contributed by atoms with Gasteiger partial charge >= 0.3 is 0 Å². The smallest absolute Gasteiger partial charge is 0.244 e. The summed E-state index contributed by atoms with van der Waals surface area (Å²) in [5.41, 5.74) is 3.79. The Kier molecular flexibility index (Phi) is 7.32. The lowest BCUT2D eigenvalue weighted by molar-refractivity contribution is -0.116. The van der Waals surface area contributed by atoms with Crippen LogP contribution in [-0.2, 0) is 17.9 Å². The van der Waals surface area contributed by atoms with Gasteiger partial charge in [0, 0.05) is 30.9 Å². The SMILES string of the molecule is COc1cc(/C=C/C(=O)NCCCn2ccc3ccccc32)ccc1OCc1c(C)noc1C. The van der Waals surface area contributed by atoms with Gasteiger partial charge in [-0.3, -0.25) is 4.79 Å². The van der Waals surface area contributed by atoms with Crippen LogP contribution < -0.4 is 14.8 Å². The van der Waals surface area contributed by atoms with Crippen molar-refractivity contribution in [3.05, 3.63) is 83.4 Å². The van der Waals surface area contributed by atoms with Gasteiger partial charge in [-0.05, 0) is 61.6 Å². The molecule has 34 heavy (non-hydrogen) atoms. The molecule has 0 unspecified atom stereocenters. The van der Waals surface area contributed by atoms with E-state index in [0.717, 1.165) is 35.5 Å². The van der Waals surface area contributed by atoms with E-state index in [0.29, 0.717) is 24.7 Å². The Morgan fingerprint density at radius 1 is 1.15 bits per heavy atom. The van der Waals surface area contributed by atoms with E-state index in [2.05, 4.69) is 39.4 Å². The van der Waals surface area contributed by atoms with Gasteiger partial charge in [-0.1, -0.05) is 29.4 Å². The molecule has 7 heteroatoms. The van der Waals surface area contributed by atoms with Crippen LogP contribution in [0.25, 0.3) is 17.0 Å². The summed E-state index contributed by atoms with van der Waals surface area (Å²) >= 11 is 0. The number of hydrogen-bond acceptors (Lipinski definition) is 5. The molecule has 2 aromatic carbocycles. The number of carbonyl (C=O) groups excluding carboxylic acids is 1. The number of nitrogens with zero attached hydrogens (tertiary/aromatic N) is 2. The van der Waals surface area contributed by atoms with Gasteiger partial charge in [0.2, 0.25) is 5.91 Å². The van der Waals surface area contributed by atoms with Crippen LogP contribution in [0.1, 0.15) is 29.0 Å². The van der Waals surface area contributed by atoms with E-state index < -0.39 is 0 Å². The third-order valence-electron chi connectivity index (χ3n) is 5.72. The van der Waals surface area contributed by atoms with Crippen LogP contribution in [0.2, 0.25) is 0 Å². The lowest BCUT2D eigenvalue weighted by atomic mass is 10.2. The minimum absolute atomic E-state index is 0.130.